The molecular weight excluding hydrogens is 355 g/mol. The van der Waals surface area contributed by atoms with Crippen LogP contribution in [0, 0.1) is 0 Å². The Bertz CT molecular complexity index is 852. The first kappa shape index (κ1) is 5.62. The Morgan fingerprint density at radius 2 is 1.13 bits per heavy atom. The van der Waals surface area contributed by atoms with Crippen LogP contribution in [0.5, 0.6) is 0 Å². The van der Waals surface area contributed by atoms with Gasteiger partial charge in [0.25, 0.3) is 0 Å². The standard InChI is InChI=1S/C7H9O2.C5H5.Hf/c1-8-6-4-3-5-7(6)9-2;1-2-4-5-3-1;/h3-5H,1-2H3;1-5H;. The first-order chi connectivity index (χ1) is 7.06. The second kappa shape index (κ2) is 0.401. The molecule has 0 amide bonds. The van der Waals surface area contributed by atoms with Gasteiger partial charge in [0.05, 0.1) is 0 Å². The molecule has 1 spiro atoms. The fourth-order valence-electron chi connectivity index (χ4n) is 25.0. The van der Waals surface area contributed by atoms with E-state index < -0.39 is 11.2 Å². The Morgan fingerprint density at radius 3 is 1.27 bits per heavy atom. The van der Waals surface area contributed by atoms with Crippen molar-refractivity contribution in [2.45, 2.75) is 36.1 Å². The molecule has 0 N–H and O–H groups in total. The Morgan fingerprint density at radius 1 is 0.733 bits per heavy atom. The van der Waals surface area contributed by atoms with Crippen molar-refractivity contribution >= 4 is 0 Å². The molecule has 15 heavy (non-hydrogen) atoms. The van der Waals surface area contributed by atoms with Crippen LogP contribution in [0.4, 0.5) is 0 Å². The number of hydrogen-bond acceptors (Lipinski definition) is 2. The van der Waals surface area contributed by atoms with Gasteiger partial charge >= 0.3 is 71.0 Å². The molecule has 10 aliphatic rings. The minimum atomic E-state index is -3.76. The quantitative estimate of drug-likeness (QED) is 0.697. The zero-order chi connectivity index (χ0) is 9.35. The van der Waals surface area contributed by atoms with E-state index in [1.165, 1.54) is 29.4 Å². The van der Waals surface area contributed by atoms with Crippen molar-refractivity contribution in [1.29, 1.82) is 0 Å². The number of fused-ring (bicyclic) bond motifs is 10. The number of methoxy groups -OCH3 is 2. The van der Waals surface area contributed by atoms with Crippen LogP contribution in [-0.4, -0.2) is 20.9 Å². The molecule has 10 rings (SSSR count). The van der Waals surface area contributed by atoms with Gasteiger partial charge < -0.3 is 0 Å². The molecule has 0 aromatic carbocycles. The van der Waals surface area contributed by atoms with E-state index in [-0.39, 0.29) is 0 Å². The molecule has 0 saturated carbocycles. The van der Waals surface area contributed by atoms with Crippen molar-refractivity contribution in [3.63, 3.8) is 0 Å². The van der Waals surface area contributed by atoms with E-state index in [1.807, 2.05) is 14.2 Å². The van der Waals surface area contributed by atoms with Crippen LogP contribution in [-0.2, 0) is 20.6 Å². The van der Waals surface area contributed by atoms with Crippen LogP contribution in [0.1, 0.15) is 0 Å². The molecular formula is C12H14HfO2. The number of rotatable bonds is 2. The zero-order valence-electron chi connectivity index (χ0n) is 8.94. The molecule has 0 radical (unpaired) electrons. The summed E-state index contributed by atoms with van der Waals surface area (Å²) in [6.07, 6.45) is 0. The zero-order valence-corrected chi connectivity index (χ0v) is 12.5. The summed E-state index contributed by atoms with van der Waals surface area (Å²) in [5.41, 5.74) is 0. The van der Waals surface area contributed by atoms with Gasteiger partial charge in [-0.15, -0.1) is 0 Å². The molecule has 0 aromatic rings. The molecule has 4 atom stereocenters. The van der Waals surface area contributed by atoms with E-state index >= 15 is 0 Å². The van der Waals surface area contributed by atoms with Crippen LogP contribution >= 0.6 is 0 Å². The van der Waals surface area contributed by atoms with Gasteiger partial charge in [0.15, 0.2) is 0 Å². The molecule has 10 fully saturated rings. The van der Waals surface area contributed by atoms with E-state index in [1.54, 1.807) is 0 Å². The summed E-state index contributed by atoms with van der Waals surface area (Å²) in [6, 6.07) is 0. The van der Waals surface area contributed by atoms with Crippen molar-refractivity contribution in [2.24, 2.45) is 0 Å². The molecule has 3 heteroatoms. The summed E-state index contributed by atoms with van der Waals surface area (Å²) < 4.78 is 24.0. The molecule has 0 bridgehead atoms. The topological polar surface area (TPSA) is 18.5 Å². The molecule has 0 aliphatic carbocycles. The first-order valence-corrected chi connectivity index (χ1v) is 27.4. The molecule has 10 saturated heterocycles. The molecule has 2 nitrogen and oxygen atoms in total. The fourth-order valence-corrected chi connectivity index (χ4v) is 406. The Hall–Kier alpha value is 0.790. The van der Waals surface area contributed by atoms with Gasteiger partial charge in [0, 0.05) is 0 Å². The third-order valence-electron chi connectivity index (χ3n) is 20.8. The molecule has 4 unspecified atom stereocenters. The van der Waals surface area contributed by atoms with Crippen LogP contribution in [0.15, 0.2) is 0 Å². The summed E-state index contributed by atoms with van der Waals surface area (Å²) in [5, 5.41) is 0. The van der Waals surface area contributed by atoms with Crippen molar-refractivity contribution in [3.8, 4) is 0 Å². The summed E-state index contributed by atoms with van der Waals surface area (Å²) in [6.45, 7) is 0. The van der Waals surface area contributed by atoms with E-state index in [0.29, 0.717) is 6.72 Å². The predicted octanol–water partition coefficient (Wildman–Crippen LogP) is 2.48. The first-order valence-electron chi connectivity index (χ1n) is 7.19. The van der Waals surface area contributed by atoms with Crippen LogP contribution in [0.2, 0.25) is 29.4 Å². The van der Waals surface area contributed by atoms with Crippen molar-refractivity contribution in [1.82, 2.24) is 0 Å². The van der Waals surface area contributed by atoms with Crippen LogP contribution < -0.4 is 0 Å². The summed E-state index contributed by atoms with van der Waals surface area (Å²) in [4.78, 5) is 0. The third-order valence-corrected chi connectivity index (χ3v) is 157. The van der Waals surface area contributed by atoms with E-state index in [0.717, 1.165) is 0 Å². The van der Waals surface area contributed by atoms with E-state index in [4.69, 9.17) is 9.47 Å². The maximum absolute atomic E-state index is 6.31. The molecule has 0 aromatic heterocycles. The fraction of sp³-hybridized carbons (Fsp3) is 1.00. The van der Waals surface area contributed by atoms with Gasteiger partial charge in [0.1, 0.15) is 0 Å². The Labute approximate surface area is 70.7 Å². The van der Waals surface area contributed by atoms with Crippen LogP contribution in [0.25, 0.3) is 0 Å². The molecule has 10 heterocycles. The van der Waals surface area contributed by atoms with Gasteiger partial charge in [-0.05, 0) is 0 Å². The van der Waals surface area contributed by atoms with Gasteiger partial charge in [-0.25, -0.2) is 0 Å². The average Bonchev–Trinajstić information content (AvgIpc) is 3.21. The monoisotopic (exact) mass is 370 g/mol. The number of hydrogen-bond donors (Lipinski definition) is 0. The van der Waals surface area contributed by atoms with E-state index in [2.05, 4.69) is 0 Å². The maximum atomic E-state index is 6.31. The van der Waals surface area contributed by atoms with E-state index in [9.17, 15) is 0 Å². The second-order valence-corrected chi connectivity index (χ2v) is 88.3. The third kappa shape index (κ3) is 0.0443. The van der Waals surface area contributed by atoms with Crippen molar-refractivity contribution in [3.05, 3.63) is 0 Å². The molecule has 78 valence electrons. The summed E-state index contributed by atoms with van der Waals surface area (Å²) in [7, 11) is 4.08. The summed E-state index contributed by atoms with van der Waals surface area (Å²) >= 11 is -3.76. The minimum absolute atomic E-state index is 0.498. The number of ether oxygens (including phenoxy) is 2. The van der Waals surface area contributed by atoms with Gasteiger partial charge in [-0.3, -0.25) is 0 Å². The van der Waals surface area contributed by atoms with Gasteiger partial charge in [0.2, 0.25) is 0 Å². The van der Waals surface area contributed by atoms with Gasteiger partial charge in [-0.1, -0.05) is 0 Å². The normalized spacial score (nSPS) is 139. The van der Waals surface area contributed by atoms with Crippen molar-refractivity contribution in [2.75, 3.05) is 14.2 Å². The second-order valence-electron chi connectivity index (χ2n) is 13.1. The SMILES string of the molecule is CO[C]12[CH]3[CH]4[CH]5[C]1(OC)[Hf]43521678[CH]2[CH]1[CH]6[CH]7[CH]28. The van der Waals surface area contributed by atoms with Crippen molar-refractivity contribution < 1.29 is 20.6 Å². The summed E-state index contributed by atoms with van der Waals surface area (Å²) in [5.74, 6) is 0. The Balaban J connectivity index is 1.90. The molecule has 10 aliphatic heterocycles. The van der Waals surface area contributed by atoms with Crippen LogP contribution in [0.3, 0.4) is 0 Å². The Kier molecular flexibility index (Phi) is 0.150. The predicted molar refractivity (Wildman–Crippen MR) is 49.5 cm³/mol. The average molecular weight is 369 g/mol. The van der Waals surface area contributed by atoms with Gasteiger partial charge in [-0.2, -0.15) is 0 Å².